The number of rotatable bonds is 10. The second kappa shape index (κ2) is 12.6. The van der Waals surface area contributed by atoms with E-state index in [9.17, 15) is 15.3 Å². The van der Waals surface area contributed by atoms with Gasteiger partial charge in [0.05, 0.1) is 19.8 Å². The quantitative estimate of drug-likeness (QED) is 0.304. The fraction of sp³-hybridized carbons (Fsp3) is 0.630. The third-order valence-corrected chi connectivity index (χ3v) is 6.65. The maximum Gasteiger partial charge on any atom is 0.202 e. The van der Waals surface area contributed by atoms with Crippen LogP contribution in [0.4, 0.5) is 0 Å². The van der Waals surface area contributed by atoms with Crippen molar-refractivity contribution in [1.29, 1.82) is 0 Å². The molecule has 1 aromatic carbocycles. The number of hydrogen-bond donors (Lipinski definition) is 4. The second-order valence-corrected chi connectivity index (χ2v) is 9.67. The van der Waals surface area contributed by atoms with E-state index in [0.717, 1.165) is 35.4 Å². The molecular formula is C27H41NO6. The lowest BCUT2D eigenvalue weighted by atomic mass is 9.83. The molecule has 1 aliphatic heterocycles. The van der Waals surface area contributed by atoms with Crippen molar-refractivity contribution in [2.24, 2.45) is 5.92 Å². The van der Waals surface area contributed by atoms with Gasteiger partial charge in [-0.25, -0.2) is 0 Å². The van der Waals surface area contributed by atoms with Crippen molar-refractivity contribution >= 4 is 0 Å². The average molecular weight is 476 g/mol. The molecule has 1 saturated carbocycles. The van der Waals surface area contributed by atoms with Gasteiger partial charge in [-0.3, -0.25) is 0 Å². The summed E-state index contributed by atoms with van der Waals surface area (Å²) in [6.45, 7) is 8.12. The third kappa shape index (κ3) is 6.98. The topological polar surface area (TPSA) is 100 Å². The smallest absolute Gasteiger partial charge is 0.202 e. The minimum absolute atomic E-state index is 0.100. The first-order chi connectivity index (χ1) is 16.3. The second-order valence-electron chi connectivity index (χ2n) is 9.67. The molecule has 2 aliphatic rings. The summed E-state index contributed by atoms with van der Waals surface area (Å²) < 4.78 is 17.2. The Kier molecular flexibility index (Phi) is 9.83. The van der Waals surface area contributed by atoms with E-state index in [2.05, 4.69) is 25.7 Å². The largest absolute Gasteiger partial charge is 0.497 e. The molecule has 1 aromatic rings. The first-order valence-electron chi connectivity index (χ1n) is 12.4. The molecule has 7 heteroatoms. The Hall–Kier alpha value is -2.06. The van der Waals surface area contributed by atoms with Crippen molar-refractivity contribution in [3.8, 4) is 5.75 Å². The maximum atomic E-state index is 10.2. The van der Waals surface area contributed by atoms with E-state index >= 15 is 0 Å². The summed E-state index contributed by atoms with van der Waals surface area (Å²) in [7, 11) is 1.65. The van der Waals surface area contributed by atoms with Crippen LogP contribution in [0.1, 0.15) is 57.9 Å². The number of methoxy groups -OCH3 is 1. The molecule has 1 heterocycles. The summed E-state index contributed by atoms with van der Waals surface area (Å²) in [5.74, 6) is 1.68. The molecule has 4 N–H and O–H groups in total. The molecule has 7 nitrogen and oxygen atoms in total. The lowest BCUT2D eigenvalue weighted by molar-refractivity contribution is -0.244. The van der Waals surface area contributed by atoms with Crippen molar-refractivity contribution in [3.05, 3.63) is 53.4 Å². The van der Waals surface area contributed by atoms with Crippen molar-refractivity contribution in [2.45, 2.75) is 89.4 Å². The van der Waals surface area contributed by atoms with Crippen molar-refractivity contribution in [3.63, 3.8) is 0 Å². The lowest BCUT2D eigenvalue weighted by Crippen LogP contribution is -2.50. The van der Waals surface area contributed by atoms with Crippen LogP contribution in [0, 0.1) is 5.92 Å². The van der Waals surface area contributed by atoms with Crippen molar-refractivity contribution < 1.29 is 29.5 Å². The highest BCUT2D eigenvalue weighted by Gasteiger charge is 2.38. The molecule has 4 atom stereocenters. The number of aliphatic hydroxyl groups excluding tert-OH is 3. The molecule has 2 fully saturated rings. The van der Waals surface area contributed by atoms with Gasteiger partial charge in [-0.05, 0) is 50.3 Å². The van der Waals surface area contributed by atoms with Crippen LogP contribution in [-0.4, -0.2) is 59.7 Å². The monoisotopic (exact) mass is 475 g/mol. The van der Waals surface area contributed by atoms with Gasteiger partial charge in [0, 0.05) is 30.2 Å². The van der Waals surface area contributed by atoms with Crippen LogP contribution in [0.2, 0.25) is 0 Å². The summed E-state index contributed by atoms with van der Waals surface area (Å²) in [5.41, 5.74) is 3.24. The van der Waals surface area contributed by atoms with Crippen molar-refractivity contribution in [1.82, 2.24) is 5.32 Å². The Bertz CT molecular complexity index is 815. The fourth-order valence-electron chi connectivity index (χ4n) is 4.82. The van der Waals surface area contributed by atoms with Gasteiger partial charge >= 0.3 is 0 Å². The summed E-state index contributed by atoms with van der Waals surface area (Å²) in [4.78, 5) is 0. The molecule has 0 spiro atoms. The van der Waals surface area contributed by atoms with E-state index in [0.29, 0.717) is 18.1 Å². The van der Waals surface area contributed by atoms with Crippen LogP contribution in [0.3, 0.4) is 0 Å². The molecule has 1 unspecified atom stereocenters. The van der Waals surface area contributed by atoms with Crippen LogP contribution < -0.4 is 10.1 Å². The highest BCUT2D eigenvalue weighted by Crippen LogP contribution is 2.35. The number of aliphatic hydroxyl groups is 3. The molecule has 1 saturated heterocycles. The summed E-state index contributed by atoms with van der Waals surface area (Å²) in [6, 6.07) is 8.22. The van der Waals surface area contributed by atoms with Gasteiger partial charge in [-0.2, -0.15) is 0 Å². The molecule has 190 valence electrons. The first kappa shape index (κ1) is 26.5. The molecule has 0 radical (unpaired) electrons. The van der Waals surface area contributed by atoms with Crippen LogP contribution in [-0.2, 0) is 15.9 Å². The lowest BCUT2D eigenvalue weighted by Gasteiger charge is -2.37. The van der Waals surface area contributed by atoms with Gasteiger partial charge in [0.25, 0.3) is 0 Å². The number of nitrogens with one attached hydrogen (secondary N) is 1. The molecule has 0 bridgehead atoms. The molecule has 0 aromatic heterocycles. The van der Waals surface area contributed by atoms with Gasteiger partial charge in [-0.1, -0.05) is 38.0 Å². The molecule has 1 aliphatic carbocycles. The van der Waals surface area contributed by atoms with Gasteiger partial charge in [0.1, 0.15) is 23.7 Å². The van der Waals surface area contributed by atoms with E-state index in [1.807, 2.05) is 24.3 Å². The average Bonchev–Trinajstić information content (AvgIpc) is 2.84. The van der Waals surface area contributed by atoms with E-state index in [4.69, 9.17) is 14.2 Å². The molecule has 34 heavy (non-hydrogen) atoms. The normalized spacial score (nSPS) is 26.7. The van der Waals surface area contributed by atoms with E-state index in [1.54, 1.807) is 7.11 Å². The molecule has 3 rings (SSSR count). The van der Waals surface area contributed by atoms with Crippen LogP contribution in [0.5, 0.6) is 5.75 Å². The van der Waals surface area contributed by atoms with Gasteiger partial charge in [0.15, 0.2) is 0 Å². The van der Waals surface area contributed by atoms with Gasteiger partial charge < -0.3 is 34.8 Å². The Balaban J connectivity index is 1.91. The van der Waals surface area contributed by atoms with E-state index in [1.165, 1.54) is 19.3 Å². The predicted molar refractivity (Wildman–Crippen MR) is 131 cm³/mol. The number of ether oxygens (including phenoxy) is 3. The molecular weight excluding hydrogens is 434 g/mol. The van der Waals surface area contributed by atoms with Crippen LogP contribution in [0.15, 0.2) is 47.9 Å². The zero-order chi connectivity index (χ0) is 24.7. The zero-order valence-electron chi connectivity index (χ0n) is 20.7. The Morgan fingerprint density at radius 1 is 1.15 bits per heavy atom. The maximum absolute atomic E-state index is 10.2. The van der Waals surface area contributed by atoms with Crippen LogP contribution >= 0.6 is 0 Å². The fourth-order valence-corrected chi connectivity index (χ4v) is 4.82. The summed E-state index contributed by atoms with van der Waals surface area (Å²) in [5, 5.41) is 33.5. The van der Waals surface area contributed by atoms with Crippen molar-refractivity contribution in [2.75, 3.05) is 13.7 Å². The summed E-state index contributed by atoms with van der Waals surface area (Å²) in [6.07, 6.45) is 2.72. The predicted octanol–water partition coefficient (Wildman–Crippen LogP) is 3.43. The van der Waals surface area contributed by atoms with Gasteiger partial charge in [-0.15, -0.1) is 0 Å². The van der Waals surface area contributed by atoms with Gasteiger partial charge in [0.2, 0.25) is 6.29 Å². The highest BCUT2D eigenvalue weighted by molar-refractivity contribution is 5.38. The third-order valence-electron chi connectivity index (χ3n) is 6.65. The highest BCUT2D eigenvalue weighted by atomic mass is 16.7. The number of allylic oxidation sites excluding steroid dienone is 2. The minimum Gasteiger partial charge on any atom is -0.497 e. The van der Waals surface area contributed by atoms with Crippen LogP contribution in [0.25, 0.3) is 0 Å². The zero-order valence-corrected chi connectivity index (χ0v) is 20.7. The Labute approximate surface area is 203 Å². The Morgan fingerprint density at radius 3 is 2.41 bits per heavy atom. The SMILES string of the molecule is C=C(O[C@H]1C[C@@H](O)[C@H](O)C(CO)O1)/C(Cc1ccc(OC)cc1)=C(\NC(C)C)C1CCCCC1. The molecule has 0 amide bonds. The first-order valence-corrected chi connectivity index (χ1v) is 12.4. The minimum atomic E-state index is -1.15. The summed E-state index contributed by atoms with van der Waals surface area (Å²) >= 11 is 0. The number of hydrogen-bond acceptors (Lipinski definition) is 7. The van der Waals surface area contributed by atoms with E-state index < -0.39 is 31.2 Å². The Morgan fingerprint density at radius 2 is 1.82 bits per heavy atom. The number of benzene rings is 1. The van der Waals surface area contributed by atoms with E-state index in [-0.39, 0.29) is 12.5 Å². The standard InChI is InChI=1S/C27H41NO6/c1-17(2)28-26(20-8-6-5-7-9-20)22(14-19-10-12-21(32-4)13-11-19)18(3)33-25-15-23(30)27(31)24(16-29)34-25/h10-13,17,20,23-25,27-31H,3,5-9,14-16H2,1-2,4H3/b26-22-/t23-,24?,25-,27+/m1/s1.